The van der Waals surface area contributed by atoms with Crippen LogP contribution in [0.1, 0.15) is 12.5 Å². The Morgan fingerprint density at radius 2 is 2.03 bits per heavy atom. The lowest BCUT2D eigenvalue weighted by molar-refractivity contribution is 0.409. The Morgan fingerprint density at radius 1 is 1.16 bits per heavy atom. The number of benzene rings is 1. The van der Waals surface area contributed by atoms with Gasteiger partial charge >= 0.3 is 0 Å². The van der Waals surface area contributed by atoms with E-state index in [1.54, 1.807) is 23.7 Å². The normalized spacial score (nSPS) is 18.6. The van der Waals surface area contributed by atoms with Crippen LogP contribution in [0.3, 0.4) is 0 Å². The molecule has 7 nitrogen and oxygen atoms in total. The van der Waals surface area contributed by atoms with Gasteiger partial charge in [0.2, 0.25) is 0 Å². The van der Waals surface area contributed by atoms with Crippen molar-refractivity contribution < 1.29 is 13.2 Å². The second-order valence-corrected chi connectivity index (χ2v) is 11.3. The maximum absolute atomic E-state index is 13.6. The zero-order chi connectivity index (χ0) is 22.3. The number of nitrogens with one attached hydrogen (secondary N) is 1. The molecular weight excluding hydrogens is 444 g/mol. The number of ether oxygens (including phenoxy) is 1. The minimum atomic E-state index is -3.66. The van der Waals surface area contributed by atoms with Crippen molar-refractivity contribution in [1.29, 1.82) is 0 Å². The van der Waals surface area contributed by atoms with E-state index in [9.17, 15) is 8.42 Å². The van der Waals surface area contributed by atoms with E-state index in [0.29, 0.717) is 23.2 Å². The minimum absolute atomic E-state index is 0.333. The molecule has 0 aliphatic carbocycles. The summed E-state index contributed by atoms with van der Waals surface area (Å²) in [7, 11) is -1.99. The van der Waals surface area contributed by atoms with E-state index in [1.165, 1.54) is 11.3 Å². The lowest BCUT2D eigenvalue weighted by Gasteiger charge is -2.35. The van der Waals surface area contributed by atoms with Crippen molar-refractivity contribution in [3.05, 3.63) is 54.2 Å². The van der Waals surface area contributed by atoms with E-state index >= 15 is 0 Å². The quantitative estimate of drug-likeness (QED) is 0.616. The predicted molar refractivity (Wildman–Crippen MR) is 128 cm³/mol. The van der Waals surface area contributed by atoms with Gasteiger partial charge in [0, 0.05) is 38.4 Å². The van der Waals surface area contributed by atoms with E-state index in [1.807, 2.05) is 36.4 Å². The number of rotatable bonds is 5. The van der Waals surface area contributed by atoms with Crippen molar-refractivity contribution in [3.63, 3.8) is 0 Å². The maximum Gasteiger partial charge on any atom is 0.273 e. The number of pyridine rings is 1. The molecule has 3 aromatic rings. The average Bonchev–Trinajstić information content (AvgIpc) is 3.47. The van der Waals surface area contributed by atoms with Crippen LogP contribution < -0.4 is 19.3 Å². The fourth-order valence-corrected chi connectivity index (χ4v) is 7.29. The molecule has 0 unspecified atom stereocenters. The minimum Gasteiger partial charge on any atom is -0.495 e. The Bertz CT molecular complexity index is 1230. The van der Waals surface area contributed by atoms with Gasteiger partial charge in [0.1, 0.15) is 9.96 Å². The summed E-state index contributed by atoms with van der Waals surface area (Å²) in [6.45, 7) is 5.16. The van der Waals surface area contributed by atoms with E-state index in [0.717, 1.165) is 52.9 Å². The molecular formula is C23H26N4O3S2. The van der Waals surface area contributed by atoms with Gasteiger partial charge in [-0.15, -0.1) is 11.3 Å². The maximum atomic E-state index is 13.6. The number of sulfonamides is 1. The summed E-state index contributed by atoms with van der Waals surface area (Å²) >= 11 is 1.26. The third kappa shape index (κ3) is 3.74. The first-order chi connectivity index (χ1) is 15.5. The van der Waals surface area contributed by atoms with E-state index in [4.69, 9.17) is 4.74 Å². The SMILES string of the molecule is COc1cc2c(cc1N1CCN[C@@H](C)C1)N(S(=O)(=O)c1ccc(-c3ccccn3)s1)CC2. The number of piperazine rings is 1. The largest absolute Gasteiger partial charge is 0.495 e. The molecule has 1 N–H and O–H groups in total. The highest BCUT2D eigenvalue weighted by atomic mass is 32.2. The van der Waals surface area contributed by atoms with Gasteiger partial charge in [-0.05, 0) is 55.3 Å². The molecule has 1 saturated heterocycles. The molecule has 168 valence electrons. The Kier molecular flexibility index (Phi) is 5.56. The molecule has 0 radical (unpaired) electrons. The lowest BCUT2D eigenvalue weighted by atomic mass is 10.1. The molecule has 32 heavy (non-hydrogen) atoms. The Labute approximate surface area is 192 Å². The van der Waals surface area contributed by atoms with Crippen molar-refractivity contribution in [3.8, 4) is 16.3 Å². The van der Waals surface area contributed by atoms with Crippen LogP contribution in [-0.2, 0) is 16.4 Å². The summed E-state index contributed by atoms with van der Waals surface area (Å²) in [4.78, 5) is 7.46. The van der Waals surface area contributed by atoms with Gasteiger partial charge in [-0.3, -0.25) is 9.29 Å². The van der Waals surface area contributed by atoms with Crippen molar-refractivity contribution >= 4 is 32.7 Å². The molecule has 5 rings (SSSR count). The topological polar surface area (TPSA) is 74.8 Å². The number of thiophene rings is 1. The summed E-state index contributed by atoms with van der Waals surface area (Å²) in [5, 5.41) is 3.45. The summed E-state index contributed by atoms with van der Waals surface area (Å²) in [6.07, 6.45) is 2.38. The molecule has 1 atom stereocenters. The number of hydrogen-bond donors (Lipinski definition) is 1. The average molecular weight is 471 g/mol. The number of aromatic nitrogens is 1. The first-order valence-corrected chi connectivity index (χ1v) is 13.0. The zero-order valence-electron chi connectivity index (χ0n) is 18.1. The number of hydrogen-bond acceptors (Lipinski definition) is 7. The van der Waals surface area contributed by atoms with Crippen LogP contribution in [0, 0.1) is 0 Å². The molecule has 0 amide bonds. The highest BCUT2D eigenvalue weighted by molar-refractivity contribution is 7.94. The molecule has 1 fully saturated rings. The smallest absolute Gasteiger partial charge is 0.273 e. The molecule has 0 saturated carbocycles. The van der Waals surface area contributed by atoms with E-state index < -0.39 is 10.0 Å². The standard InChI is InChI=1S/C23H26N4O3S2/c1-16-15-26(12-10-24-16)20-14-19-17(13-21(20)30-2)8-11-27(19)32(28,29)23-7-6-22(31-23)18-5-3-4-9-25-18/h3-7,9,13-14,16,24H,8,10-12,15H2,1-2H3/t16-/m0/s1. The van der Waals surface area contributed by atoms with Crippen LogP contribution in [0.25, 0.3) is 10.6 Å². The molecule has 0 bridgehead atoms. The van der Waals surface area contributed by atoms with Crippen LogP contribution in [0.4, 0.5) is 11.4 Å². The van der Waals surface area contributed by atoms with Gasteiger partial charge in [-0.2, -0.15) is 0 Å². The second-order valence-electron chi connectivity index (χ2n) is 8.11. The van der Waals surface area contributed by atoms with Crippen LogP contribution in [0.15, 0.2) is 52.9 Å². The summed E-state index contributed by atoms with van der Waals surface area (Å²) < 4.78 is 34.8. The zero-order valence-corrected chi connectivity index (χ0v) is 19.7. The molecule has 1 aromatic carbocycles. The van der Waals surface area contributed by atoms with Crippen molar-refractivity contribution in [2.24, 2.45) is 0 Å². The third-order valence-corrected chi connectivity index (χ3v) is 9.37. The van der Waals surface area contributed by atoms with E-state index in [-0.39, 0.29) is 0 Å². The Hall–Kier alpha value is -2.62. The van der Waals surface area contributed by atoms with Crippen LogP contribution in [-0.4, -0.2) is 52.7 Å². The van der Waals surface area contributed by atoms with Gasteiger partial charge in [-0.25, -0.2) is 8.42 Å². The van der Waals surface area contributed by atoms with Crippen molar-refractivity contribution in [2.75, 3.05) is 42.5 Å². The molecule has 9 heteroatoms. The summed E-state index contributed by atoms with van der Waals surface area (Å²) in [5.41, 5.74) is 3.47. The predicted octanol–water partition coefficient (Wildman–Crippen LogP) is 3.37. The van der Waals surface area contributed by atoms with Crippen molar-refractivity contribution in [1.82, 2.24) is 10.3 Å². The molecule has 0 spiro atoms. The summed E-state index contributed by atoms with van der Waals surface area (Å²) in [5.74, 6) is 0.797. The van der Waals surface area contributed by atoms with E-state index in [2.05, 4.69) is 22.1 Å². The fourth-order valence-electron chi connectivity index (χ4n) is 4.40. The molecule has 4 heterocycles. The van der Waals surface area contributed by atoms with Gasteiger partial charge < -0.3 is 15.0 Å². The van der Waals surface area contributed by atoms with Gasteiger partial charge in [0.15, 0.2) is 0 Å². The first kappa shape index (κ1) is 21.2. The Morgan fingerprint density at radius 3 is 2.78 bits per heavy atom. The summed E-state index contributed by atoms with van der Waals surface area (Å²) in [6, 6.07) is 13.5. The number of fused-ring (bicyclic) bond motifs is 1. The molecule has 2 aliphatic rings. The number of nitrogens with zero attached hydrogens (tertiary/aromatic N) is 3. The van der Waals surface area contributed by atoms with Gasteiger partial charge in [0.05, 0.1) is 29.1 Å². The first-order valence-electron chi connectivity index (χ1n) is 10.7. The van der Waals surface area contributed by atoms with Gasteiger partial charge in [-0.1, -0.05) is 6.07 Å². The lowest BCUT2D eigenvalue weighted by Crippen LogP contribution is -2.49. The number of anilines is 2. The third-order valence-electron chi connectivity index (χ3n) is 5.99. The highest BCUT2D eigenvalue weighted by Gasteiger charge is 2.34. The van der Waals surface area contributed by atoms with Crippen LogP contribution in [0.2, 0.25) is 0 Å². The molecule has 2 aromatic heterocycles. The van der Waals surface area contributed by atoms with Crippen LogP contribution in [0.5, 0.6) is 5.75 Å². The monoisotopic (exact) mass is 470 g/mol. The molecule has 2 aliphatic heterocycles. The van der Waals surface area contributed by atoms with Crippen LogP contribution >= 0.6 is 11.3 Å². The highest BCUT2D eigenvalue weighted by Crippen LogP contribution is 2.42. The number of methoxy groups -OCH3 is 1. The Balaban J connectivity index is 1.50. The van der Waals surface area contributed by atoms with Crippen molar-refractivity contribution in [2.45, 2.75) is 23.6 Å². The fraction of sp³-hybridized carbons (Fsp3) is 0.348. The second kappa shape index (κ2) is 8.38. The van der Waals surface area contributed by atoms with Gasteiger partial charge in [0.25, 0.3) is 10.0 Å².